The van der Waals surface area contributed by atoms with Crippen LogP contribution in [0.25, 0.3) is 0 Å². The Balaban J connectivity index is 1.78. The second-order valence-electron chi connectivity index (χ2n) is 9.83. The molecule has 10 heteroatoms. The lowest BCUT2D eigenvalue weighted by molar-refractivity contribution is -0.117. The van der Waals surface area contributed by atoms with E-state index in [1.54, 1.807) is 31.4 Å². The zero-order valence-electron chi connectivity index (χ0n) is 22.9. The number of ether oxygens (including phenoxy) is 1. The average Bonchev–Trinajstić information content (AvgIpc) is 2.91. The monoisotopic (exact) mass is 548 g/mol. The standard InChI is InChI=1S/C29H36N6O3S/c1-29(2,3)21-15-24(26(38-4)25(16-21)34-39-5)33-27(36)20-12-9-13-22(14-20)35(31)18-23(30)28(37)32-17-19-10-7-6-8-11-19/h6-16,18,34H,17,30-31H2,1-5H3,(H,32,37)(H,33,36)/b23-18-. The summed E-state index contributed by atoms with van der Waals surface area (Å²) < 4.78 is 8.86. The molecule has 2 amide bonds. The molecule has 0 bridgehead atoms. The van der Waals surface area contributed by atoms with Crippen molar-refractivity contribution in [2.45, 2.75) is 32.7 Å². The predicted octanol–water partition coefficient (Wildman–Crippen LogP) is 4.73. The molecular weight excluding hydrogens is 512 g/mol. The highest BCUT2D eigenvalue weighted by Gasteiger charge is 2.21. The van der Waals surface area contributed by atoms with Crippen LogP contribution < -0.4 is 36.7 Å². The Hall–Kier alpha value is -4.15. The van der Waals surface area contributed by atoms with Crippen molar-refractivity contribution in [3.8, 4) is 5.75 Å². The minimum Gasteiger partial charge on any atom is -0.492 e. The number of anilines is 3. The Kier molecular flexibility index (Phi) is 9.86. The Labute approximate surface area is 234 Å². The number of carbonyl (C=O) groups excluding carboxylic acids is 2. The van der Waals surface area contributed by atoms with E-state index < -0.39 is 5.91 Å². The summed E-state index contributed by atoms with van der Waals surface area (Å²) in [6, 6.07) is 20.1. The maximum Gasteiger partial charge on any atom is 0.268 e. The summed E-state index contributed by atoms with van der Waals surface area (Å²) in [6.45, 7) is 6.64. The second kappa shape index (κ2) is 13.1. The fraction of sp³-hybridized carbons (Fsp3) is 0.241. The van der Waals surface area contributed by atoms with Crippen LogP contribution in [-0.2, 0) is 16.8 Å². The summed E-state index contributed by atoms with van der Waals surface area (Å²) in [5.74, 6) is 5.89. The molecule has 3 aromatic rings. The van der Waals surface area contributed by atoms with Crippen LogP contribution in [0.3, 0.4) is 0 Å². The molecule has 0 heterocycles. The summed E-state index contributed by atoms with van der Waals surface area (Å²) >= 11 is 1.43. The number of benzene rings is 3. The van der Waals surface area contributed by atoms with Gasteiger partial charge in [-0.05, 0) is 46.9 Å². The average molecular weight is 549 g/mol. The quantitative estimate of drug-likeness (QED) is 0.106. The third-order valence-corrected chi connectivity index (χ3v) is 6.29. The van der Waals surface area contributed by atoms with Crippen molar-refractivity contribution >= 4 is 40.8 Å². The van der Waals surface area contributed by atoms with E-state index >= 15 is 0 Å². The van der Waals surface area contributed by atoms with Crippen LogP contribution in [0.4, 0.5) is 17.1 Å². The number of amides is 2. The van der Waals surface area contributed by atoms with Gasteiger partial charge in [-0.2, -0.15) is 0 Å². The Bertz CT molecular complexity index is 1340. The van der Waals surface area contributed by atoms with Gasteiger partial charge in [-0.25, -0.2) is 5.84 Å². The van der Waals surface area contributed by atoms with Gasteiger partial charge >= 0.3 is 0 Å². The Morgan fingerprint density at radius 3 is 2.36 bits per heavy atom. The summed E-state index contributed by atoms with van der Waals surface area (Å²) in [4.78, 5) is 25.7. The molecule has 3 rings (SSSR count). The van der Waals surface area contributed by atoms with Crippen molar-refractivity contribution in [1.82, 2.24) is 5.32 Å². The van der Waals surface area contributed by atoms with Crippen LogP contribution in [0.1, 0.15) is 42.3 Å². The van der Waals surface area contributed by atoms with E-state index in [4.69, 9.17) is 16.3 Å². The molecule has 39 heavy (non-hydrogen) atoms. The molecule has 0 fully saturated rings. The molecule has 9 nitrogen and oxygen atoms in total. The van der Waals surface area contributed by atoms with E-state index in [1.165, 1.54) is 23.2 Å². The lowest BCUT2D eigenvalue weighted by Crippen LogP contribution is -2.32. The molecule has 0 aliphatic heterocycles. The zero-order valence-corrected chi connectivity index (χ0v) is 23.7. The first-order valence-corrected chi connectivity index (χ1v) is 13.5. The molecule has 0 aliphatic rings. The van der Waals surface area contributed by atoms with Gasteiger partial charge < -0.3 is 25.8 Å². The number of hydrogen-bond acceptors (Lipinski definition) is 8. The van der Waals surface area contributed by atoms with Gasteiger partial charge in [0.25, 0.3) is 11.8 Å². The second-order valence-corrected chi connectivity index (χ2v) is 10.4. The highest BCUT2D eigenvalue weighted by atomic mass is 32.2. The number of methoxy groups -OCH3 is 1. The smallest absolute Gasteiger partial charge is 0.268 e. The minimum atomic E-state index is -0.455. The van der Waals surface area contributed by atoms with Crippen LogP contribution in [0.2, 0.25) is 0 Å². The fourth-order valence-corrected chi connectivity index (χ4v) is 4.10. The third kappa shape index (κ3) is 7.92. The number of carbonyl (C=O) groups is 2. The number of hydrogen-bond donors (Lipinski definition) is 5. The molecular formula is C29H36N6O3S. The van der Waals surface area contributed by atoms with Crippen molar-refractivity contribution in [2.75, 3.05) is 28.4 Å². The van der Waals surface area contributed by atoms with Crippen molar-refractivity contribution < 1.29 is 14.3 Å². The normalized spacial score (nSPS) is 11.5. The first-order valence-electron chi connectivity index (χ1n) is 12.3. The number of nitrogens with two attached hydrogens (primary N) is 2. The molecule has 0 aromatic heterocycles. The highest BCUT2D eigenvalue weighted by Crippen LogP contribution is 2.39. The van der Waals surface area contributed by atoms with E-state index in [2.05, 4.69) is 36.1 Å². The van der Waals surface area contributed by atoms with E-state index in [1.807, 2.05) is 48.7 Å². The number of nitrogens with zero attached hydrogens (tertiary/aromatic N) is 1. The third-order valence-electron chi connectivity index (χ3n) is 5.86. The maximum atomic E-state index is 13.3. The fourth-order valence-electron chi connectivity index (χ4n) is 3.73. The van der Waals surface area contributed by atoms with Crippen LogP contribution in [0, 0.1) is 0 Å². The summed E-state index contributed by atoms with van der Waals surface area (Å²) in [7, 11) is 1.56. The van der Waals surface area contributed by atoms with Crippen LogP contribution in [0.5, 0.6) is 5.75 Å². The molecule has 0 aliphatic carbocycles. The minimum absolute atomic E-state index is 0.0687. The van der Waals surface area contributed by atoms with Crippen LogP contribution in [0.15, 0.2) is 78.6 Å². The number of hydrazine groups is 1. The Morgan fingerprint density at radius 1 is 1.03 bits per heavy atom. The van der Waals surface area contributed by atoms with Crippen molar-refractivity contribution in [1.29, 1.82) is 0 Å². The lowest BCUT2D eigenvalue weighted by atomic mass is 9.86. The largest absolute Gasteiger partial charge is 0.492 e. The van der Waals surface area contributed by atoms with Crippen molar-refractivity contribution in [3.05, 3.63) is 95.3 Å². The van der Waals surface area contributed by atoms with Gasteiger partial charge in [-0.15, -0.1) is 0 Å². The molecule has 7 N–H and O–H groups in total. The van der Waals surface area contributed by atoms with Crippen LogP contribution >= 0.6 is 11.9 Å². The lowest BCUT2D eigenvalue weighted by Gasteiger charge is -2.24. The van der Waals surface area contributed by atoms with E-state index in [9.17, 15) is 9.59 Å². The van der Waals surface area contributed by atoms with E-state index in [0.29, 0.717) is 29.2 Å². The highest BCUT2D eigenvalue weighted by molar-refractivity contribution is 7.99. The molecule has 0 unspecified atom stereocenters. The first-order chi connectivity index (χ1) is 18.5. The Morgan fingerprint density at radius 2 is 1.72 bits per heavy atom. The van der Waals surface area contributed by atoms with E-state index in [0.717, 1.165) is 16.8 Å². The summed E-state index contributed by atoms with van der Waals surface area (Å²) in [6.07, 6.45) is 3.23. The van der Waals surface area contributed by atoms with Gasteiger partial charge in [0.05, 0.1) is 24.2 Å². The molecule has 0 saturated heterocycles. The van der Waals surface area contributed by atoms with Crippen molar-refractivity contribution in [3.63, 3.8) is 0 Å². The molecule has 206 valence electrons. The molecule has 3 aromatic carbocycles. The maximum absolute atomic E-state index is 13.3. The van der Waals surface area contributed by atoms with Crippen molar-refractivity contribution in [2.24, 2.45) is 11.6 Å². The van der Waals surface area contributed by atoms with Gasteiger partial charge in [-0.3, -0.25) is 14.6 Å². The summed E-state index contributed by atoms with van der Waals surface area (Å²) in [5.41, 5.74) is 9.87. The topological polar surface area (TPSA) is 135 Å². The SMILES string of the molecule is COc1c(NSC)cc(C(C)(C)C)cc1NC(=O)c1cccc(N(N)/C=C(\N)C(=O)NCc2ccccc2)c1. The molecule has 0 saturated carbocycles. The van der Waals surface area contributed by atoms with Gasteiger partial charge in [0.15, 0.2) is 5.75 Å². The number of nitrogens with one attached hydrogen (secondary N) is 3. The van der Waals surface area contributed by atoms with Gasteiger partial charge in [0.2, 0.25) is 0 Å². The van der Waals surface area contributed by atoms with Gasteiger partial charge in [-0.1, -0.05) is 69.1 Å². The first kappa shape index (κ1) is 29.4. The van der Waals surface area contributed by atoms with Crippen LogP contribution in [-0.4, -0.2) is 25.2 Å². The number of rotatable bonds is 10. The molecule has 0 spiro atoms. The van der Waals surface area contributed by atoms with E-state index in [-0.39, 0.29) is 17.0 Å². The molecule has 0 radical (unpaired) electrons. The van der Waals surface area contributed by atoms with Gasteiger partial charge in [0.1, 0.15) is 5.70 Å². The zero-order chi connectivity index (χ0) is 28.6. The van der Waals surface area contributed by atoms with Gasteiger partial charge in [0, 0.05) is 24.6 Å². The predicted molar refractivity (Wildman–Crippen MR) is 160 cm³/mol. The summed E-state index contributed by atoms with van der Waals surface area (Å²) in [5, 5.41) is 6.93. The molecule has 0 atom stereocenters.